The molecule has 1 heterocycles. The molecule has 0 spiro atoms. The van der Waals surface area contributed by atoms with Crippen LogP contribution in [-0.2, 0) is 0 Å². The van der Waals surface area contributed by atoms with E-state index >= 15 is 0 Å². The molecular formula is C3H4N2OSe. The Bertz CT molecular complexity index is 127. The van der Waals surface area contributed by atoms with Gasteiger partial charge >= 0.3 is 46.6 Å². The van der Waals surface area contributed by atoms with Gasteiger partial charge in [-0.2, -0.15) is 0 Å². The summed E-state index contributed by atoms with van der Waals surface area (Å²) in [5.74, 6) is 0.653. The van der Waals surface area contributed by atoms with Crippen LogP contribution in [0, 0.1) is 0 Å². The molecule has 0 radical (unpaired) electrons. The molecule has 0 bridgehead atoms. The molecule has 3 nitrogen and oxygen atoms in total. The first-order valence-corrected chi connectivity index (χ1v) is 3.50. The molecule has 0 unspecified atom stereocenters. The summed E-state index contributed by atoms with van der Waals surface area (Å²) in [5.41, 5.74) is 0. The number of methoxy groups -OCH3 is 1. The topological polar surface area (TPSA) is 35.0 Å². The fourth-order valence-electron chi connectivity index (χ4n) is 0.245. The van der Waals surface area contributed by atoms with E-state index in [2.05, 4.69) is 9.19 Å². The Morgan fingerprint density at radius 2 is 2.71 bits per heavy atom. The van der Waals surface area contributed by atoms with Crippen LogP contribution < -0.4 is 4.74 Å². The van der Waals surface area contributed by atoms with Crippen LogP contribution in [0.15, 0.2) is 4.94 Å². The number of rotatable bonds is 1. The van der Waals surface area contributed by atoms with Gasteiger partial charge in [0.2, 0.25) is 0 Å². The Morgan fingerprint density at radius 3 is 3.00 bits per heavy atom. The molecule has 0 aliphatic heterocycles. The third-order valence-electron chi connectivity index (χ3n) is 0.549. The Hall–Kier alpha value is -0.341. The average Bonchev–Trinajstić information content (AvgIpc) is 2.14. The maximum absolute atomic E-state index is 4.73. The summed E-state index contributed by atoms with van der Waals surface area (Å²) in [6, 6.07) is 0. The monoisotopic (exact) mass is 164 g/mol. The van der Waals surface area contributed by atoms with E-state index < -0.39 is 0 Å². The normalized spacial score (nSPS) is 8.71. The summed E-state index contributed by atoms with van der Waals surface area (Å²) in [6.45, 7) is 0. The van der Waals surface area contributed by atoms with Crippen molar-refractivity contribution < 1.29 is 4.74 Å². The molecule has 0 aliphatic carbocycles. The van der Waals surface area contributed by atoms with Gasteiger partial charge in [-0.25, -0.2) is 0 Å². The molecule has 0 amide bonds. The van der Waals surface area contributed by atoms with Gasteiger partial charge in [0.25, 0.3) is 0 Å². The number of ether oxygens (including phenoxy) is 1. The minimum atomic E-state index is 0.214. The third-order valence-corrected chi connectivity index (χ3v) is 1.56. The van der Waals surface area contributed by atoms with Crippen LogP contribution in [0.25, 0.3) is 0 Å². The Morgan fingerprint density at radius 1 is 1.86 bits per heavy atom. The zero-order valence-corrected chi connectivity index (χ0v) is 5.50. The molecule has 0 N–H and O–H groups in total. The van der Waals surface area contributed by atoms with Crippen molar-refractivity contribution >= 4 is 14.7 Å². The predicted octanol–water partition coefficient (Wildman–Crippen LogP) is -0.458. The van der Waals surface area contributed by atoms with Crippen LogP contribution in [0.2, 0.25) is 0 Å². The second-order valence-corrected chi connectivity index (χ2v) is 2.23. The summed E-state index contributed by atoms with van der Waals surface area (Å²) >= 11 is 0.214. The molecule has 1 rings (SSSR count). The standard InChI is InChI=1S/C3H4N2OSe/c1-6-3-2-7-5-4-3/h2H,1H3. The van der Waals surface area contributed by atoms with Crippen LogP contribution in [-0.4, -0.2) is 31.0 Å². The zero-order chi connectivity index (χ0) is 5.11. The van der Waals surface area contributed by atoms with Crippen molar-refractivity contribution in [2.24, 2.45) is 0 Å². The van der Waals surface area contributed by atoms with Crippen molar-refractivity contribution in [2.75, 3.05) is 7.11 Å². The van der Waals surface area contributed by atoms with Crippen molar-refractivity contribution in [1.29, 1.82) is 0 Å². The van der Waals surface area contributed by atoms with Crippen molar-refractivity contribution in [2.45, 2.75) is 0 Å². The number of hydrogen-bond acceptors (Lipinski definition) is 3. The SMILES string of the molecule is COc1c[se]nn1. The van der Waals surface area contributed by atoms with E-state index in [1.54, 1.807) is 7.11 Å². The molecule has 0 aliphatic rings. The summed E-state index contributed by atoms with van der Waals surface area (Å²) in [4.78, 5) is 1.88. The van der Waals surface area contributed by atoms with Gasteiger partial charge in [0.15, 0.2) is 0 Å². The van der Waals surface area contributed by atoms with E-state index in [1.165, 1.54) is 0 Å². The van der Waals surface area contributed by atoms with Crippen LogP contribution in [0.1, 0.15) is 0 Å². The van der Waals surface area contributed by atoms with Crippen molar-refractivity contribution in [3.63, 3.8) is 0 Å². The molecule has 7 heavy (non-hydrogen) atoms. The van der Waals surface area contributed by atoms with Gasteiger partial charge in [-0.1, -0.05) is 0 Å². The van der Waals surface area contributed by atoms with E-state index in [1.807, 2.05) is 4.94 Å². The fourth-order valence-corrected chi connectivity index (χ4v) is 1.10. The Labute approximate surface area is 47.3 Å². The summed E-state index contributed by atoms with van der Waals surface area (Å²) < 4.78 is 8.43. The fraction of sp³-hybridized carbons (Fsp3) is 0.333. The molecule has 0 aromatic carbocycles. The first kappa shape index (κ1) is 4.81. The van der Waals surface area contributed by atoms with Crippen LogP contribution in [0.4, 0.5) is 0 Å². The van der Waals surface area contributed by atoms with Gasteiger partial charge in [-0.05, 0) is 0 Å². The Kier molecular flexibility index (Phi) is 1.44. The van der Waals surface area contributed by atoms with Crippen LogP contribution >= 0.6 is 0 Å². The van der Waals surface area contributed by atoms with Gasteiger partial charge in [0.1, 0.15) is 0 Å². The molecule has 0 saturated heterocycles. The van der Waals surface area contributed by atoms with Crippen molar-refractivity contribution in [3.8, 4) is 5.88 Å². The minimum absolute atomic E-state index is 0.214. The van der Waals surface area contributed by atoms with Gasteiger partial charge in [0.05, 0.1) is 0 Å². The second kappa shape index (κ2) is 2.09. The van der Waals surface area contributed by atoms with E-state index in [0.717, 1.165) is 0 Å². The molecule has 0 atom stereocenters. The van der Waals surface area contributed by atoms with Crippen LogP contribution in [0.3, 0.4) is 0 Å². The molecule has 0 fully saturated rings. The molecule has 1 aromatic rings. The van der Waals surface area contributed by atoms with Gasteiger partial charge in [-0.3, -0.25) is 0 Å². The predicted molar refractivity (Wildman–Crippen MR) is 25.5 cm³/mol. The number of aromatic nitrogens is 2. The summed E-state index contributed by atoms with van der Waals surface area (Å²) in [5, 5.41) is 3.65. The Balaban J connectivity index is 2.76. The molecule has 1 aromatic heterocycles. The van der Waals surface area contributed by atoms with Crippen molar-refractivity contribution in [1.82, 2.24) is 9.19 Å². The van der Waals surface area contributed by atoms with Crippen LogP contribution in [0.5, 0.6) is 5.88 Å². The van der Waals surface area contributed by atoms with Gasteiger partial charge in [0, 0.05) is 0 Å². The second-order valence-electron chi connectivity index (χ2n) is 0.947. The van der Waals surface area contributed by atoms with E-state index in [4.69, 9.17) is 4.74 Å². The first-order valence-electron chi connectivity index (χ1n) is 1.74. The van der Waals surface area contributed by atoms with E-state index in [0.29, 0.717) is 5.88 Å². The van der Waals surface area contributed by atoms with E-state index in [9.17, 15) is 0 Å². The van der Waals surface area contributed by atoms with Gasteiger partial charge < -0.3 is 0 Å². The number of hydrogen-bond donors (Lipinski definition) is 0. The summed E-state index contributed by atoms with van der Waals surface area (Å²) in [6.07, 6.45) is 0. The van der Waals surface area contributed by atoms with Crippen molar-refractivity contribution in [3.05, 3.63) is 4.94 Å². The molecule has 38 valence electrons. The quantitative estimate of drug-likeness (QED) is 0.525. The number of nitrogens with zero attached hydrogens (tertiary/aromatic N) is 2. The molecule has 4 heteroatoms. The zero-order valence-electron chi connectivity index (χ0n) is 3.79. The molecular weight excluding hydrogens is 159 g/mol. The summed E-state index contributed by atoms with van der Waals surface area (Å²) in [7, 11) is 1.59. The average molecular weight is 163 g/mol. The van der Waals surface area contributed by atoms with Gasteiger partial charge in [-0.15, -0.1) is 0 Å². The third kappa shape index (κ3) is 1.01. The maximum atomic E-state index is 4.73. The first-order chi connectivity index (χ1) is 3.43. The van der Waals surface area contributed by atoms with E-state index in [-0.39, 0.29) is 14.7 Å². The molecule has 0 saturated carbocycles.